The van der Waals surface area contributed by atoms with Gasteiger partial charge in [-0.25, -0.2) is 0 Å². The van der Waals surface area contributed by atoms with Gasteiger partial charge in [-0.3, -0.25) is 0 Å². The maximum atomic E-state index is 5.94. The fraction of sp³-hybridized carbons (Fsp3) is 1.00. The Morgan fingerprint density at radius 2 is 2.17 bits per heavy atom. The summed E-state index contributed by atoms with van der Waals surface area (Å²) < 4.78 is 10.8. The van der Waals surface area contributed by atoms with E-state index in [0.29, 0.717) is 25.7 Å². The summed E-state index contributed by atoms with van der Waals surface area (Å²) in [6, 6.07) is 0.130. The third kappa shape index (κ3) is 3.09. The van der Waals surface area contributed by atoms with Crippen LogP contribution in [0, 0.1) is 5.92 Å². The second-order valence-electron chi connectivity index (χ2n) is 3.78. The maximum absolute atomic E-state index is 5.94. The molecule has 3 nitrogen and oxygen atoms in total. The first-order chi connectivity index (χ1) is 5.70. The van der Waals surface area contributed by atoms with E-state index in [0.717, 1.165) is 6.42 Å². The zero-order valence-electron chi connectivity index (χ0n) is 7.95. The fourth-order valence-electron chi connectivity index (χ4n) is 1.45. The quantitative estimate of drug-likeness (QED) is 0.685. The Morgan fingerprint density at radius 3 is 2.67 bits per heavy atom. The van der Waals surface area contributed by atoms with Crippen LogP contribution in [0.25, 0.3) is 0 Å². The highest BCUT2D eigenvalue weighted by Crippen LogP contribution is 2.11. The summed E-state index contributed by atoms with van der Waals surface area (Å²) in [5, 5.41) is 0. The molecule has 1 fully saturated rings. The van der Waals surface area contributed by atoms with Crippen molar-refractivity contribution in [2.24, 2.45) is 11.7 Å². The van der Waals surface area contributed by atoms with Crippen LogP contribution in [0.5, 0.6) is 0 Å². The van der Waals surface area contributed by atoms with Crippen molar-refractivity contribution in [1.29, 1.82) is 0 Å². The van der Waals surface area contributed by atoms with Crippen molar-refractivity contribution in [1.82, 2.24) is 0 Å². The topological polar surface area (TPSA) is 44.5 Å². The van der Waals surface area contributed by atoms with E-state index < -0.39 is 0 Å². The highest BCUT2D eigenvalue weighted by Gasteiger charge is 2.22. The lowest BCUT2D eigenvalue weighted by molar-refractivity contribution is -0.0986. The van der Waals surface area contributed by atoms with E-state index in [4.69, 9.17) is 15.2 Å². The van der Waals surface area contributed by atoms with E-state index in [-0.39, 0.29) is 12.1 Å². The Kier molecular flexibility index (Phi) is 3.98. The summed E-state index contributed by atoms with van der Waals surface area (Å²) in [5.74, 6) is 0.630. The fourth-order valence-corrected chi connectivity index (χ4v) is 1.45. The predicted octanol–water partition coefficient (Wildman–Crippen LogP) is 0.775. The van der Waals surface area contributed by atoms with Gasteiger partial charge in [-0.05, 0) is 12.3 Å². The number of hydrogen-bond acceptors (Lipinski definition) is 3. The Labute approximate surface area is 74.2 Å². The Bertz CT molecular complexity index is 122. The summed E-state index contributed by atoms with van der Waals surface area (Å²) >= 11 is 0. The van der Waals surface area contributed by atoms with Gasteiger partial charge in [0.1, 0.15) is 0 Å². The summed E-state index contributed by atoms with van der Waals surface area (Å²) in [5.41, 5.74) is 5.94. The first-order valence-corrected chi connectivity index (χ1v) is 4.65. The summed E-state index contributed by atoms with van der Waals surface area (Å²) in [4.78, 5) is 0. The maximum Gasteiger partial charge on any atom is 0.0960 e. The Hall–Kier alpha value is -0.120. The van der Waals surface area contributed by atoms with Gasteiger partial charge in [-0.2, -0.15) is 0 Å². The monoisotopic (exact) mass is 173 g/mol. The van der Waals surface area contributed by atoms with Gasteiger partial charge in [0, 0.05) is 6.04 Å². The minimum absolute atomic E-state index is 0.112. The van der Waals surface area contributed by atoms with Crippen LogP contribution in [0.1, 0.15) is 20.3 Å². The van der Waals surface area contributed by atoms with Crippen LogP contribution < -0.4 is 5.73 Å². The molecule has 2 unspecified atom stereocenters. The molecule has 1 rings (SSSR count). The predicted molar refractivity (Wildman–Crippen MR) is 48.0 cm³/mol. The van der Waals surface area contributed by atoms with E-state index >= 15 is 0 Å². The molecule has 0 aromatic carbocycles. The van der Waals surface area contributed by atoms with Crippen LogP contribution >= 0.6 is 0 Å². The van der Waals surface area contributed by atoms with Crippen LogP contribution in [0.15, 0.2) is 0 Å². The number of nitrogens with two attached hydrogens (primary N) is 1. The highest BCUT2D eigenvalue weighted by molar-refractivity contribution is 4.76. The second kappa shape index (κ2) is 4.80. The van der Waals surface area contributed by atoms with E-state index in [1.165, 1.54) is 0 Å². The smallest absolute Gasteiger partial charge is 0.0960 e. The second-order valence-corrected chi connectivity index (χ2v) is 3.78. The average molecular weight is 173 g/mol. The number of hydrogen-bond donors (Lipinski definition) is 1. The number of rotatable bonds is 3. The first-order valence-electron chi connectivity index (χ1n) is 4.65. The molecule has 1 heterocycles. The van der Waals surface area contributed by atoms with Gasteiger partial charge in [-0.1, -0.05) is 13.8 Å². The molecule has 2 N–H and O–H groups in total. The van der Waals surface area contributed by atoms with Crippen molar-refractivity contribution in [3.8, 4) is 0 Å². The summed E-state index contributed by atoms with van der Waals surface area (Å²) in [6.07, 6.45) is 1.12. The van der Waals surface area contributed by atoms with Gasteiger partial charge in [0.25, 0.3) is 0 Å². The van der Waals surface area contributed by atoms with Gasteiger partial charge in [-0.15, -0.1) is 0 Å². The largest absolute Gasteiger partial charge is 0.376 e. The molecule has 0 amide bonds. The molecule has 0 saturated carbocycles. The van der Waals surface area contributed by atoms with Crippen molar-refractivity contribution < 1.29 is 9.47 Å². The van der Waals surface area contributed by atoms with Crippen molar-refractivity contribution >= 4 is 0 Å². The summed E-state index contributed by atoms with van der Waals surface area (Å²) in [6.45, 7) is 6.41. The van der Waals surface area contributed by atoms with Gasteiger partial charge in [0.15, 0.2) is 0 Å². The van der Waals surface area contributed by atoms with Crippen LogP contribution in [0.4, 0.5) is 0 Å². The van der Waals surface area contributed by atoms with E-state index in [1.54, 1.807) is 0 Å². The lowest BCUT2D eigenvalue weighted by Crippen LogP contribution is -2.44. The van der Waals surface area contributed by atoms with Crippen molar-refractivity contribution in [3.63, 3.8) is 0 Å². The van der Waals surface area contributed by atoms with Crippen LogP contribution in [-0.4, -0.2) is 32.0 Å². The Morgan fingerprint density at radius 1 is 1.42 bits per heavy atom. The zero-order chi connectivity index (χ0) is 8.97. The van der Waals surface area contributed by atoms with Gasteiger partial charge < -0.3 is 15.2 Å². The molecular weight excluding hydrogens is 154 g/mol. The molecule has 12 heavy (non-hydrogen) atoms. The van der Waals surface area contributed by atoms with E-state index in [2.05, 4.69) is 13.8 Å². The molecular formula is C9H19NO2. The molecule has 1 aliphatic heterocycles. The SMILES string of the molecule is CC(C)CC(N)C1COCCO1. The van der Waals surface area contributed by atoms with Crippen LogP contribution in [0.3, 0.4) is 0 Å². The average Bonchev–Trinajstić information content (AvgIpc) is 2.05. The van der Waals surface area contributed by atoms with Gasteiger partial charge in [0.2, 0.25) is 0 Å². The molecule has 1 saturated heterocycles. The minimum Gasteiger partial charge on any atom is -0.376 e. The minimum atomic E-state index is 0.112. The Balaban J connectivity index is 2.24. The molecule has 2 atom stereocenters. The molecule has 3 heteroatoms. The van der Waals surface area contributed by atoms with Gasteiger partial charge >= 0.3 is 0 Å². The van der Waals surface area contributed by atoms with Crippen molar-refractivity contribution in [2.75, 3.05) is 19.8 Å². The van der Waals surface area contributed by atoms with Crippen LogP contribution in [0.2, 0.25) is 0 Å². The molecule has 0 aliphatic carbocycles. The molecule has 0 aromatic heterocycles. The molecule has 0 bridgehead atoms. The standard InChI is InChI=1S/C9H19NO2/c1-7(2)5-8(10)9-6-11-3-4-12-9/h7-9H,3-6,10H2,1-2H3. The third-order valence-electron chi connectivity index (χ3n) is 2.06. The molecule has 0 spiro atoms. The lowest BCUT2D eigenvalue weighted by atomic mass is 10.0. The molecule has 1 aliphatic rings. The van der Waals surface area contributed by atoms with Crippen molar-refractivity contribution in [2.45, 2.75) is 32.4 Å². The molecule has 0 radical (unpaired) electrons. The lowest BCUT2D eigenvalue weighted by Gasteiger charge is -2.28. The van der Waals surface area contributed by atoms with Gasteiger partial charge in [0.05, 0.1) is 25.9 Å². The van der Waals surface area contributed by atoms with Crippen molar-refractivity contribution in [3.05, 3.63) is 0 Å². The summed E-state index contributed by atoms with van der Waals surface area (Å²) in [7, 11) is 0. The molecule has 72 valence electrons. The normalized spacial score (nSPS) is 27.5. The highest BCUT2D eigenvalue weighted by atomic mass is 16.6. The van der Waals surface area contributed by atoms with Crippen LogP contribution in [-0.2, 0) is 9.47 Å². The van der Waals surface area contributed by atoms with E-state index in [9.17, 15) is 0 Å². The first kappa shape index (κ1) is 9.96. The van der Waals surface area contributed by atoms with E-state index in [1.807, 2.05) is 0 Å². The zero-order valence-corrected chi connectivity index (χ0v) is 7.95. The third-order valence-corrected chi connectivity index (χ3v) is 2.06. The molecule has 0 aromatic rings. The number of ether oxygens (including phenoxy) is 2.